The molecular formula is C17H16N2O3S. The zero-order valence-electron chi connectivity index (χ0n) is 13.0. The lowest BCUT2D eigenvalue weighted by molar-refractivity contribution is 0.0593. The van der Waals surface area contributed by atoms with Crippen LogP contribution in [0.5, 0.6) is 0 Å². The molecule has 0 aliphatic rings. The van der Waals surface area contributed by atoms with Crippen LogP contribution in [0.25, 0.3) is 10.9 Å². The fraction of sp³-hybridized carbons (Fsp3) is 0.235. The minimum absolute atomic E-state index is 0.0890. The van der Waals surface area contributed by atoms with Gasteiger partial charge in [-0.15, -0.1) is 11.3 Å². The number of rotatable bonds is 4. The number of carbonyl (C=O) groups is 2. The molecule has 0 radical (unpaired) electrons. The fourth-order valence-corrected chi connectivity index (χ4v) is 3.45. The first-order chi connectivity index (χ1) is 11.0. The zero-order valence-corrected chi connectivity index (χ0v) is 13.9. The Labute approximate surface area is 137 Å². The molecule has 118 valence electrons. The van der Waals surface area contributed by atoms with Gasteiger partial charge in [0.15, 0.2) is 10.7 Å². The lowest BCUT2D eigenvalue weighted by Gasteiger charge is -2.02. The Balaban J connectivity index is 2.08. The first-order valence-corrected chi connectivity index (χ1v) is 8.04. The summed E-state index contributed by atoms with van der Waals surface area (Å²) in [6, 6.07) is 7.58. The number of aromatic amines is 1. The molecule has 0 aliphatic heterocycles. The van der Waals surface area contributed by atoms with Crippen molar-refractivity contribution in [3.63, 3.8) is 0 Å². The molecule has 0 spiro atoms. The molecule has 5 nitrogen and oxygen atoms in total. The summed E-state index contributed by atoms with van der Waals surface area (Å²) in [6.45, 7) is 3.92. The number of methoxy groups -OCH3 is 1. The Morgan fingerprint density at radius 3 is 2.70 bits per heavy atom. The van der Waals surface area contributed by atoms with Gasteiger partial charge < -0.3 is 9.72 Å². The molecule has 2 aromatic heterocycles. The van der Waals surface area contributed by atoms with E-state index in [1.54, 1.807) is 6.20 Å². The standard InChI is InChI=1S/C17H16N2O3S/c1-9(2)15-13(17(21)22-3)19-16(23-15)14(20)11-8-18-12-7-5-4-6-10(11)12/h4-9,18H,1-3H3. The van der Waals surface area contributed by atoms with Crippen LogP contribution in [0.2, 0.25) is 0 Å². The molecule has 0 amide bonds. The van der Waals surface area contributed by atoms with E-state index in [2.05, 4.69) is 9.97 Å². The van der Waals surface area contributed by atoms with E-state index in [9.17, 15) is 9.59 Å². The topological polar surface area (TPSA) is 72.0 Å². The van der Waals surface area contributed by atoms with Gasteiger partial charge in [0.25, 0.3) is 0 Å². The van der Waals surface area contributed by atoms with Crippen LogP contribution < -0.4 is 0 Å². The normalized spacial score (nSPS) is 11.1. The third-order valence-corrected chi connectivity index (χ3v) is 4.94. The second-order valence-electron chi connectivity index (χ2n) is 5.46. The lowest BCUT2D eigenvalue weighted by Crippen LogP contribution is -2.07. The average Bonchev–Trinajstić information content (AvgIpc) is 3.18. The van der Waals surface area contributed by atoms with Crippen molar-refractivity contribution in [1.82, 2.24) is 9.97 Å². The van der Waals surface area contributed by atoms with E-state index in [0.717, 1.165) is 15.8 Å². The van der Waals surface area contributed by atoms with E-state index in [0.29, 0.717) is 10.6 Å². The van der Waals surface area contributed by atoms with E-state index in [1.165, 1.54) is 18.4 Å². The monoisotopic (exact) mass is 328 g/mol. The Morgan fingerprint density at radius 2 is 2.00 bits per heavy atom. The minimum Gasteiger partial charge on any atom is -0.464 e. The van der Waals surface area contributed by atoms with Crippen LogP contribution in [-0.2, 0) is 4.74 Å². The average molecular weight is 328 g/mol. The SMILES string of the molecule is COC(=O)c1nc(C(=O)c2c[nH]c3ccccc23)sc1C(C)C. The van der Waals surface area contributed by atoms with Crippen LogP contribution in [0.4, 0.5) is 0 Å². The number of ketones is 1. The lowest BCUT2D eigenvalue weighted by atomic mass is 10.1. The number of H-pyrrole nitrogens is 1. The van der Waals surface area contributed by atoms with Crippen LogP contribution in [0.3, 0.4) is 0 Å². The summed E-state index contributed by atoms with van der Waals surface area (Å²) >= 11 is 1.25. The molecule has 0 saturated heterocycles. The van der Waals surface area contributed by atoms with Gasteiger partial charge in [0.1, 0.15) is 0 Å². The van der Waals surface area contributed by atoms with E-state index in [-0.39, 0.29) is 17.4 Å². The van der Waals surface area contributed by atoms with Crippen molar-refractivity contribution in [2.45, 2.75) is 19.8 Å². The maximum absolute atomic E-state index is 12.8. The quantitative estimate of drug-likeness (QED) is 0.584. The first kappa shape index (κ1) is 15.4. The maximum atomic E-state index is 12.8. The predicted octanol–water partition coefficient (Wildman–Crippen LogP) is 3.77. The van der Waals surface area contributed by atoms with Crippen LogP contribution in [0.1, 0.15) is 50.5 Å². The highest BCUT2D eigenvalue weighted by atomic mass is 32.1. The van der Waals surface area contributed by atoms with Crippen molar-refractivity contribution in [1.29, 1.82) is 0 Å². The molecule has 23 heavy (non-hydrogen) atoms. The Hall–Kier alpha value is -2.47. The first-order valence-electron chi connectivity index (χ1n) is 7.22. The van der Waals surface area contributed by atoms with Gasteiger partial charge in [-0.25, -0.2) is 9.78 Å². The molecule has 3 aromatic rings. The van der Waals surface area contributed by atoms with Crippen LogP contribution in [0, 0.1) is 0 Å². The van der Waals surface area contributed by atoms with Crippen molar-refractivity contribution in [2.75, 3.05) is 7.11 Å². The number of fused-ring (bicyclic) bond motifs is 1. The van der Waals surface area contributed by atoms with Gasteiger partial charge in [0.2, 0.25) is 5.78 Å². The highest BCUT2D eigenvalue weighted by molar-refractivity contribution is 7.14. The van der Waals surface area contributed by atoms with E-state index >= 15 is 0 Å². The number of esters is 1. The summed E-state index contributed by atoms with van der Waals surface area (Å²) in [5.41, 5.74) is 1.68. The highest BCUT2D eigenvalue weighted by Crippen LogP contribution is 2.30. The molecule has 0 fully saturated rings. The molecule has 3 rings (SSSR count). The summed E-state index contributed by atoms with van der Waals surface area (Å²) in [6.07, 6.45) is 1.68. The van der Waals surface area contributed by atoms with Gasteiger partial charge >= 0.3 is 5.97 Å². The number of thiazole rings is 1. The molecular weight excluding hydrogens is 312 g/mol. The van der Waals surface area contributed by atoms with Gasteiger partial charge in [0.05, 0.1) is 12.7 Å². The number of hydrogen-bond acceptors (Lipinski definition) is 5. The molecule has 0 unspecified atom stereocenters. The van der Waals surface area contributed by atoms with Crippen molar-refractivity contribution in [3.05, 3.63) is 51.6 Å². The molecule has 1 N–H and O–H groups in total. The highest BCUT2D eigenvalue weighted by Gasteiger charge is 2.25. The second-order valence-corrected chi connectivity index (χ2v) is 6.49. The number of nitrogens with one attached hydrogen (secondary N) is 1. The van der Waals surface area contributed by atoms with Gasteiger partial charge in [-0.2, -0.15) is 0 Å². The van der Waals surface area contributed by atoms with Crippen LogP contribution in [0.15, 0.2) is 30.5 Å². The van der Waals surface area contributed by atoms with Crippen LogP contribution >= 0.6 is 11.3 Å². The Kier molecular flexibility index (Phi) is 4.00. The zero-order chi connectivity index (χ0) is 16.6. The number of hydrogen-bond donors (Lipinski definition) is 1. The van der Waals surface area contributed by atoms with Crippen molar-refractivity contribution < 1.29 is 14.3 Å². The Morgan fingerprint density at radius 1 is 1.26 bits per heavy atom. The van der Waals surface area contributed by atoms with Crippen molar-refractivity contribution in [3.8, 4) is 0 Å². The number of para-hydroxylation sites is 1. The van der Waals surface area contributed by atoms with Gasteiger partial charge in [-0.05, 0) is 12.0 Å². The minimum atomic E-state index is -0.511. The smallest absolute Gasteiger partial charge is 0.357 e. The summed E-state index contributed by atoms with van der Waals surface area (Å²) < 4.78 is 4.77. The predicted molar refractivity (Wildman–Crippen MR) is 89.3 cm³/mol. The summed E-state index contributed by atoms with van der Waals surface area (Å²) in [5, 5.41) is 1.15. The third-order valence-electron chi connectivity index (χ3n) is 3.58. The molecule has 0 bridgehead atoms. The summed E-state index contributed by atoms with van der Waals surface area (Å²) in [7, 11) is 1.31. The molecule has 2 heterocycles. The molecule has 0 atom stereocenters. The van der Waals surface area contributed by atoms with Crippen molar-refractivity contribution >= 4 is 34.0 Å². The molecule has 0 aliphatic carbocycles. The number of carbonyl (C=O) groups excluding carboxylic acids is 2. The summed E-state index contributed by atoms with van der Waals surface area (Å²) in [4.78, 5) is 32.8. The van der Waals surface area contributed by atoms with Crippen LogP contribution in [-0.4, -0.2) is 28.8 Å². The number of nitrogens with zero attached hydrogens (tertiary/aromatic N) is 1. The van der Waals surface area contributed by atoms with E-state index in [4.69, 9.17) is 4.74 Å². The third kappa shape index (κ3) is 2.66. The van der Waals surface area contributed by atoms with E-state index < -0.39 is 5.97 Å². The number of benzene rings is 1. The van der Waals surface area contributed by atoms with Gasteiger partial charge in [-0.3, -0.25) is 4.79 Å². The fourth-order valence-electron chi connectivity index (χ4n) is 2.44. The van der Waals surface area contributed by atoms with Gasteiger partial charge in [0, 0.05) is 22.0 Å². The van der Waals surface area contributed by atoms with Gasteiger partial charge in [-0.1, -0.05) is 32.0 Å². The molecule has 0 saturated carbocycles. The molecule has 1 aromatic carbocycles. The summed E-state index contributed by atoms with van der Waals surface area (Å²) in [5.74, 6) is -0.612. The molecule has 6 heteroatoms. The largest absolute Gasteiger partial charge is 0.464 e. The maximum Gasteiger partial charge on any atom is 0.357 e. The van der Waals surface area contributed by atoms with Crippen molar-refractivity contribution in [2.24, 2.45) is 0 Å². The number of aromatic nitrogens is 2. The number of ether oxygens (including phenoxy) is 1. The second kappa shape index (κ2) is 5.96. The van der Waals surface area contributed by atoms with E-state index in [1.807, 2.05) is 38.1 Å². The Bertz CT molecular complexity index is 892.